The van der Waals surface area contributed by atoms with Gasteiger partial charge in [-0.05, 0) is 32.0 Å². The van der Waals surface area contributed by atoms with Crippen LogP contribution in [0, 0.1) is 0 Å². The summed E-state index contributed by atoms with van der Waals surface area (Å²) in [5.41, 5.74) is 0. The van der Waals surface area contributed by atoms with Crippen LogP contribution in [-0.4, -0.2) is 20.7 Å². The molecule has 0 saturated carbocycles. The predicted molar refractivity (Wildman–Crippen MR) is 32.1 cm³/mol. The molecular formula is C4H10NO2S-. The minimum atomic E-state index is -2.04. The molecule has 0 radical (unpaired) electrons. The molecule has 50 valence electrons. The van der Waals surface area contributed by atoms with E-state index in [1.54, 1.807) is 20.9 Å². The molecule has 8 heavy (non-hydrogen) atoms. The second-order valence-electron chi connectivity index (χ2n) is 2.00. The molecule has 1 atom stereocenters. The van der Waals surface area contributed by atoms with Crippen molar-refractivity contribution in [3.63, 3.8) is 0 Å². The van der Waals surface area contributed by atoms with E-state index < -0.39 is 16.0 Å². The molecule has 3 nitrogen and oxygen atoms in total. The van der Waals surface area contributed by atoms with E-state index in [1.165, 1.54) is 0 Å². The fourth-order valence-corrected chi connectivity index (χ4v) is 0.250. The van der Waals surface area contributed by atoms with Crippen molar-refractivity contribution in [2.75, 3.05) is 7.05 Å². The highest BCUT2D eigenvalue weighted by Gasteiger charge is 2.13. The zero-order valence-corrected chi connectivity index (χ0v) is 6.04. The maximum absolute atomic E-state index is 10.2. The minimum Gasteiger partial charge on any atom is -0.771 e. The summed E-state index contributed by atoms with van der Waals surface area (Å²) in [5.74, 6) is 0. The monoisotopic (exact) mass is 136 g/mol. The lowest BCUT2D eigenvalue weighted by atomic mass is 10.4. The molecule has 0 spiro atoms. The summed E-state index contributed by atoms with van der Waals surface area (Å²) in [6, 6.07) is 0. The van der Waals surface area contributed by atoms with Crippen molar-refractivity contribution in [1.82, 2.24) is 5.32 Å². The summed E-state index contributed by atoms with van der Waals surface area (Å²) in [4.78, 5) is -0.792. The molecule has 1 unspecified atom stereocenters. The van der Waals surface area contributed by atoms with Gasteiger partial charge >= 0.3 is 0 Å². The van der Waals surface area contributed by atoms with Gasteiger partial charge < -0.3 is 9.87 Å². The van der Waals surface area contributed by atoms with E-state index in [2.05, 4.69) is 5.32 Å². The first-order chi connectivity index (χ1) is 3.50. The maximum atomic E-state index is 10.2. The van der Waals surface area contributed by atoms with Crippen LogP contribution >= 0.6 is 0 Å². The largest absolute Gasteiger partial charge is 0.771 e. The van der Waals surface area contributed by atoms with Gasteiger partial charge in [-0.15, -0.1) is 0 Å². The molecule has 0 aromatic carbocycles. The first kappa shape index (κ1) is 8.07. The Balaban J connectivity index is 3.91. The van der Waals surface area contributed by atoms with Gasteiger partial charge in [0.05, 0.1) is 4.87 Å². The first-order valence-corrected chi connectivity index (χ1v) is 3.36. The number of hydrogen-bond acceptors (Lipinski definition) is 3. The number of hydrogen-bond donors (Lipinski definition) is 1. The second kappa shape index (κ2) is 2.57. The van der Waals surface area contributed by atoms with E-state index in [9.17, 15) is 8.76 Å². The number of rotatable bonds is 2. The first-order valence-electron chi connectivity index (χ1n) is 2.29. The summed E-state index contributed by atoms with van der Waals surface area (Å²) in [7, 11) is 1.61. The van der Waals surface area contributed by atoms with E-state index in [1.807, 2.05) is 0 Å². The molecule has 0 bridgehead atoms. The minimum absolute atomic E-state index is 0.792. The average molecular weight is 136 g/mol. The molecule has 0 fully saturated rings. The van der Waals surface area contributed by atoms with Gasteiger partial charge in [-0.2, -0.15) is 0 Å². The molecule has 0 aromatic heterocycles. The molecule has 0 aliphatic rings. The van der Waals surface area contributed by atoms with Gasteiger partial charge in [0, 0.05) is 0 Å². The molecule has 0 amide bonds. The lowest BCUT2D eigenvalue weighted by molar-refractivity contribution is 0.469. The quantitative estimate of drug-likeness (QED) is 0.536. The highest BCUT2D eigenvalue weighted by Crippen LogP contribution is 2.02. The Morgan fingerprint density at radius 1 is 1.62 bits per heavy atom. The van der Waals surface area contributed by atoms with Crippen molar-refractivity contribution in [1.29, 1.82) is 0 Å². The van der Waals surface area contributed by atoms with Gasteiger partial charge in [-0.25, -0.2) is 0 Å². The number of nitrogens with one attached hydrogen (secondary N) is 1. The van der Waals surface area contributed by atoms with Gasteiger partial charge in [0.2, 0.25) is 0 Å². The molecule has 0 aromatic rings. The van der Waals surface area contributed by atoms with Gasteiger partial charge in [0.1, 0.15) is 0 Å². The van der Waals surface area contributed by atoms with Crippen molar-refractivity contribution >= 4 is 11.1 Å². The Kier molecular flexibility index (Phi) is 2.59. The fourth-order valence-electron chi connectivity index (χ4n) is 0.0833. The third-order valence-electron chi connectivity index (χ3n) is 1.02. The van der Waals surface area contributed by atoms with Crippen LogP contribution < -0.4 is 5.32 Å². The Morgan fingerprint density at radius 3 is 2.00 bits per heavy atom. The summed E-state index contributed by atoms with van der Waals surface area (Å²) < 4.78 is 20.4. The van der Waals surface area contributed by atoms with E-state index in [0.717, 1.165) is 0 Å². The summed E-state index contributed by atoms with van der Waals surface area (Å²) in [6.07, 6.45) is 0. The van der Waals surface area contributed by atoms with Gasteiger partial charge in [0.15, 0.2) is 0 Å². The smallest absolute Gasteiger partial charge is 0.0753 e. The van der Waals surface area contributed by atoms with Gasteiger partial charge in [-0.1, -0.05) is 0 Å². The van der Waals surface area contributed by atoms with Crippen LogP contribution in [0.3, 0.4) is 0 Å². The van der Waals surface area contributed by atoms with Crippen LogP contribution in [0.4, 0.5) is 0 Å². The van der Waals surface area contributed by atoms with Crippen molar-refractivity contribution in [2.45, 2.75) is 18.7 Å². The highest BCUT2D eigenvalue weighted by molar-refractivity contribution is 7.80. The highest BCUT2D eigenvalue weighted by atomic mass is 32.2. The molecule has 0 saturated heterocycles. The molecule has 1 N–H and O–H groups in total. The van der Waals surface area contributed by atoms with Crippen molar-refractivity contribution in [3.8, 4) is 0 Å². The normalized spacial score (nSPS) is 16.0. The Hall–Kier alpha value is 0.0700. The zero-order valence-electron chi connectivity index (χ0n) is 5.22. The average Bonchev–Trinajstić information content (AvgIpc) is 1.67. The van der Waals surface area contributed by atoms with Crippen LogP contribution in [0.5, 0.6) is 0 Å². The van der Waals surface area contributed by atoms with Crippen LogP contribution in [0.15, 0.2) is 0 Å². The second-order valence-corrected chi connectivity index (χ2v) is 3.49. The van der Waals surface area contributed by atoms with Crippen molar-refractivity contribution < 1.29 is 8.76 Å². The molecule has 0 heterocycles. The van der Waals surface area contributed by atoms with Gasteiger partial charge in [0.25, 0.3) is 0 Å². The Labute approximate surface area is 51.8 Å². The van der Waals surface area contributed by atoms with E-state index >= 15 is 0 Å². The van der Waals surface area contributed by atoms with Crippen molar-refractivity contribution in [3.05, 3.63) is 0 Å². The fraction of sp³-hybridized carbons (Fsp3) is 1.00. The standard InChI is InChI=1S/C4H11NO2S/c1-4(2,5-3)8(6)7/h5H,1-3H3,(H,6,7)/p-1. The SMILES string of the molecule is CNC(C)(C)S(=O)[O-]. The van der Waals surface area contributed by atoms with Crippen LogP contribution in [0.1, 0.15) is 13.8 Å². The molecular weight excluding hydrogens is 126 g/mol. The third-order valence-corrected chi connectivity index (χ3v) is 2.06. The summed E-state index contributed by atoms with van der Waals surface area (Å²) in [5, 5.41) is 2.63. The van der Waals surface area contributed by atoms with E-state index in [-0.39, 0.29) is 0 Å². The lowest BCUT2D eigenvalue weighted by Gasteiger charge is -2.26. The van der Waals surface area contributed by atoms with Crippen LogP contribution in [-0.2, 0) is 11.1 Å². The van der Waals surface area contributed by atoms with Crippen molar-refractivity contribution in [2.24, 2.45) is 0 Å². The van der Waals surface area contributed by atoms with Crippen LogP contribution in [0.2, 0.25) is 0 Å². The molecule has 4 heteroatoms. The van der Waals surface area contributed by atoms with Gasteiger partial charge in [-0.3, -0.25) is 4.21 Å². The molecule has 0 aliphatic heterocycles. The van der Waals surface area contributed by atoms with Crippen LogP contribution in [0.25, 0.3) is 0 Å². The van der Waals surface area contributed by atoms with E-state index in [4.69, 9.17) is 0 Å². The summed E-state index contributed by atoms with van der Waals surface area (Å²) in [6.45, 7) is 3.19. The Bertz CT molecular complexity index is 102. The lowest BCUT2D eigenvalue weighted by Crippen LogP contribution is -2.40. The van der Waals surface area contributed by atoms with E-state index in [0.29, 0.717) is 0 Å². The topological polar surface area (TPSA) is 52.2 Å². The zero-order chi connectivity index (χ0) is 6.78. The molecule has 0 aliphatic carbocycles. The Morgan fingerprint density at radius 2 is 2.00 bits per heavy atom. The molecule has 0 rings (SSSR count). The summed E-state index contributed by atoms with van der Waals surface area (Å²) >= 11 is -2.04. The third kappa shape index (κ3) is 1.90. The maximum Gasteiger partial charge on any atom is 0.0753 e. The predicted octanol–water partition coefficient (Wildman–Crippen LogP) is -0.179.